The highest BCUT2D eigenvalue weighted by molar-refractivity contribution is 5.92. The summed E-state index contributed by atoms with van der Waals surface area (Å²) in [5, 5.41) is 7.20. The molecule has 1 N–H and O–H groups in total. The van der Waals surface area contributed by atoms with Gasteiger partial charge in [0.1, 0.15) is 5.69 Å². The van der Waals surface area contributed by atoms with Gasteiger partial charge in [-0.2, -0.15) is 5.10 Å². The number of hydrogen-bond donors (Lipinski definition) is 1. The summed E-state index contributed by atoms with van der Waals surface area (Å²) in [5.74, 6) is 1.60. The molecular weight excluding hydrogens is 226 g/mol. The van der Waals surface area contributed by atoms with Crippen molar-refractivity contribution in [3.63, 3.8) is 0 Å². The van der Waals surface area contributed by atoms with E-state index in [0.29, 0.717) is 23.4 Å². The highest BCUT2D eigenvalue weighted by Gasteiger charge is 2.19. The number of aromatic nitrogens is 2. The Kier molecular flexibility index (Phi) is 4.93. The zero-order valence-electron chi connectivity index (χ0n) is 12.3. The Morgan fingerprint density at radius 3 is 2.28 bits per heavy atom. The monoisotopic (exact) mass is 251 g/mol. The van der Waals surface area contributed by atoms with Crippen LogP contribution < -0.4 is 5.32 Å². The molecule has 18 heavy (non-hydrogen) atoms. The van der Waals surface area contributed by atoms with Crippen molar-refractivity contribution < 1.29 is 4.79 Å². The highest BCUT2D eigenvalue weighted by atomic mass is 16.2. The highest BCUT2D eigenvalue weighted by Crippen LogP contribution is 2.19. The van der Waals surface area contributed by atoms with Gasteiger partial charge in [0, 0.05) is 13.6 Å². The summed E-state index contributed by atoms with van der Waals surface area (Å²) in [7, 11) is 1.80. The van der Waals surface area contributed by atoms with Crippen LogP contribution in [0.4, 0.5) is 0 Å². The summed E-state index contributed by atoms with van der Waals surface area (Å²) in [4.78, 5) is 12.1. The van der Waals surface area contributed by atoms with Crippen molar-refractivity contribution in [1.82, 2.24) is 15.1 Å². The first-order chi connectivity index (χ1) is 8.32. The predicted octanol–water partition coefficient (Wildman–Crippen LogP) is 2.39. The maximum absolute atomic E-state index is 12.1. The third-order valence-corrected chi connectivity index (χ3v) is 3.45. The van der Waals surface area contributed by atoms with Crippen LogP contribution in [0, 0.1) is 24.7 Å². The number of amides is 1. The number of hydrogen-bond acceptors (Lipinski definition) is 2. The van der Waals surface area contributed by atoms with E-state index >= 15 is 0 Å². The van der Waals surface area contributed by atoms with Crippen molar-refractivity contribution in [3.8, 4) is 0 Å². The fourth-order valence-electron chi connectivity index (χ4n) is 2.37. The van der Waals surface area contributed by atoms with Gasteiger partial charge in [-0.3, -0.25) is 9.48 Å². The van der Waals surface area contributed by atoms with Gasteiger partial charge in [-0.15, -0.1) is 0 Å². The first-order valence-corrected chi connectivity index (χ1v) is 6.61. The summed E-state index contributed by atoms with van der Waals surface area (Å²) >= 11 is 0. The zero-order valence-corrected chi connectivity index (χ0v) is 12.3. The smallest absolute Gasteiger partial charge is 0.269 e. The number of rotatable bonds is 5. The molecule has 0 bridgehead atoms. The molecule has 0 aliphatic rings. The lowest BCUT2D eigenvalue weighted by atomic mass is 9.85. The van der Waals surface area contributed by atoms with Crippen LogP contribution in [0.15, 0.2) is 6.07 Å². The van der Waals surface area contributed by atoms with Crippen molar-refractivity contribution in [2.24, 2.45) is 24.8 Å². The maximum atomic E-state index is 12.1. The van der Waals surface area contributed by atoms with E-state index in [1.807, 2.05) is 13.0 Å². The third-order valence-electron chi connectivity index (χ3n) is 3.45. The van der Waals surface area contributed by atoms with Crippen molar-refractivity contribution in [2.45, 2.75) is 34.6 Å². The van der Waals surface area contributed by atoms with Gasteiger partial charge in [0.25, 0.3) is 5.91 Å². The zero-order chi connectivity index (χ0) is 13.9. The van der Waals surface area contributed by atoms with Gasteiger partial charge in [0.15, 0.2) is 0 Å². The molecule has 0 spiro atoms. The molecule has 1 aromatic heterocycles. The summed E-state index contributed by atoms with van der Waals surface area (Å²) < 4.78 is 1.63. The maximum Gasteiger partial charge on any atom is 0.269 e. The van der Waals surface area contributed by atoms with E-state index < -0.39 is 0 Å². The van der Waals surface area contributed by atoms with Crippen LogP contribution in [0.25, 0.3) is 0 Å². The Bertz CT molecular complexity index is 399. The SMILES string of the molecule is Cc1cc(C(=O)NCC(C(C)C)C(C)C)n(C)n1. The Hall–Kier alpha value is -1.32. The summed E-state index contributed by atoms with van der Waals surface area (Å²) in [5.41, 5.74) is 1.49. The first-order valence-electron chi connectivity index (χ1n) is 6.61. The minimum Gasteiger partial charge on any atom is -0.350 e. The van der Waals surface area contributed by atoms with Crippen LogP contribution in [0.1, 0.15) is 43.9 Å². The minimum absolute atomic E-state index is 0.0376. The molecule has 0 aliphatic heterocycles. The van der Waals surface area contributed by atoms with Crippen LogP contribution in [0.2, 0.25) is 0 Å². The lowest BCUT2D eigenvalue weighted by Gasteiger charge is -2.25. The average molecular weight is 251 g/mol. The molecule has 1 amide bonds. The van der Waals surface area contributed by atoms with E-state index in [4.69, 9.17) is 0 Å². The summed E-state index contributed by atoms with van der Waals surface area (Å²) in [6.07, 6.45) is 0. The standard InChI is InChI=1S/C14H25N3O/c1-9(2)12(10(3)4)8-15-14(18)13-7-11(5)16-17(13)6/h7,9-10,12H,8H2,1-6H3,(H,15,18). The number of nitrogens with one attached hydrogen (secondary N) is 1. The molecule has 0 fully saturated rings. The van der Waals surface area contributed by atoms with E-state index in [1.54, 1.807) is 11.7 Å². The Labute approximate surface area is 110 Å². The van der Waals surface area contributed by atoms with Gasteiger partial charge in [-0.25, -0.2) is 0 Å². The van der Waals surface area contributed by atoms with E-state index in [0.717, 1.165) is 12.2 Å². The predicted molar refractivity (Wildman–Crippen MR) is 73.4 cm³/mol. The second kappa shape index (κ2) is 6.03. The van der Waals surface area contributed by atoms with Crippen molar-refractivity contribution in [1.29, 1.82) is 0 Å². The van der Waals surface area contributed by atoms with Crippen molar-refractivity contribution in [3.05, 3.63) is 17.5 Å². The largest absolute Gasteiger partial charge is 0.350 e. The minimum atomic E-state index is -0.0376. The molecule has 0 aliphatic carbocycles. The van der Waals surface area contributed by atoms with Gasteiger partial charge in [-0.05, 0) is 30.7 Å². The van der Waals surface area contributed by atoms with Crippen LogP contribution in [0.5, 0.6) is 0 Å². The molecule has 0 saturated heterocycles. The first kappa shape index (κ1) is 14.7. The molecule has 1 rings (SSSR count). The molecule has 0 unspecified atom stereocenters. The number of nitrogens with zero attached hydrogens (tertiary/aromatic N) is 2. The molecule has 4 heteroatoms. The van der Waals surface area contributed by atoms with E-state index in [2.05, 4.69) is 38.1 Å². The molecule has 4 nitrogen and oxygen atoms in total. The van der Waals surface area contributed by atoms with Gasteiger partial charge in [0.2, 0.25) is 0 Å². The van der Waals surface area contributed by atoms with Crippen molar-refractivity contribution >= 4 is 5.91 Å². The normalized spacial score (nSPS) is 11.6. The van der Waals surface area contributed by atoms with E-state index in [1.165, 1.54) is 0 Å². The fourth-order valence-corrected chi connectivity index (χ4v) is 2.37. The molecule has 0 atom stereocenters. The topological polar surface area (TPSA) is 46.9 Å². The van der Waals surface area contributed by atoms with Gasteiger partial charge in [-0.1, -0.05) is 27.7 Å². The summed E-state index contributed by atoms with van der Waals surface area (Å²) in [6, 6.07) is 1.81. The second-order valence-electron chi connectivity index (χ2n) is 5.66. The molecule has 102 valence electrons. The lowest BCUT2D eigenvalue weighted by molar-refractivity contribution is 0.0927. The Morgan fingerprint density at radius 2 is 1.89 bits per heavy atom. The molecule has 1 aromatic rings. The lowest BCUT2D eigenvalue weighted by Crippen LogP contribution is -2.34. The van der Waals surface area contributed by atoms with Crippen LogP contribution in [0.3, 0.4) is 0 Å². The second-order valence-corrected chi connectivity index (χ2v) is 5.66. The Balaban J connectivity index is 2.63. The number of carbonyl (C=O) groups excluding carboxylic acids is 1. The van der Waals surface area contributed by atoms with Crippen LogP contribution in [-0.2, 0) is 7.05 Å². The van der Waals surface area contributed by atoms with Crippen LogP contribution >= 0.6 is 0 Å². The molecule has 1 heterocycles. The molecule has 0 saturated carbocycles. The average Bonchev–Trinajstić information content (AvgIpc) is 2.56. The third kappa shape index (κ3) is 3.59. The summed E-state index contributed by atoms with van der Waals surface area (Å²) in [6.45, 7) is 11.4. The van der Waals surface area contributed by atoms with Gasteiger partial charge < -0.3 is 5.32 Å². The number of aryl methyl sites for hydroxylation is 2. The van der Waals surface area contributed by atoms with Gasteiger partial charge >= 0.3 is 0 Å². The molecule has 0 radical (unpaired) electrons. The Morgan fingerprint density at radius 1 is 1.33 bits per heavy atom. The van der Waals surface area contributed by atoms with Crippen LogP contribution in [-0.4, -0.2) is 22.2 Å². The van der Waals surface area contributed by atoms with Gasteiger partial charge in [0.05, 0.1) is 5.69 Å². The van der Waals surface area contributed by atoms with Crippen molar-refractivity contribution in [2.75, 3.05) is 6.54 Å². The van der Waals surface area contributed by atoms with E-state index in [9.17, 15) is 4.79 Å². The quantitative estimate of drug-likeness (QED) is 0.873. The molecule has 0 aromatic carbocycles. The molecular formula is C14H25N3O. The fraction of sp³-hybridized carbons (Fsp3) is 0.714. The van der Waals surface area contributed by atoms with E-state index in [-0.39, 0.29) is 5.91 Å². The number of carbonyl (C=O) groups is 1.